The first-order valence-corrected chi connectivity index (χ1v) is 11.7. The van der Waals surface area contributed by atoms with E-state index in [0.717, 1.165) is 56.7 Å². The lowest BCUT2D eigenvalue weighted by Crippen LogP contribution is -2.46. The summed E-state index contributed by atoms with van der Waals surface area (Å²) in [7, 11) is 0. The smallest absolute Gasteiger partial charge is 0.123 e. The fraction of sp³-hybridized carbons (Fsp3) is 0.357. The van der Waals surface area contributed by atoms with E-state index in [4.69, 9.17) is 4.74 Å². The van der Waals surface area contributed by atoms with Crippen LogP contribution in [0.3, 0.4) is 0 Å². The molecule has 1 heterocycles. The fourth-order valence-electron chi connectivity index (χ4n) is 4.28. The molecule has 0 N–H and O–H groups in total. The van der Waals surface area contributed by atoms with Gasteiger partial charge in [0.25, 0.3) is 0 Å². The summed E-state index contributed by atoms with van der Waals surface area (Å²) in [4.78, 5) is 4.97. The number of anilines is 1. The van der Waals surface area contributed by atoms with Gasteiger partial charge in [-0.2, -0.15) is 0 Å². The van der Waals surface area contributed by atoms with Gasteiger partial charge in [-0.3, -0.25) is 4.90 Å². The standard InChI is InChI=1S/C28H32F2N2O/c1-22-4-14-27(15-5-22)32-19-17-31(18-20-32)16-2-3-21-33-28(23-6-10-25(29)11-7-23)24-8-12-26(30)13-9-24/h4-15,28H,2-3,16-21H2,1H3. The van der Waals surface area contributed by atoms with Gasteiger partial charge in [-0.05, 0) is 73.8 Å². The first-order chi connectivity index (χ1) is 16.1. The van der Waals surface area contributed by atoms with Crippen LogP contribution in [0.25, 0.3) is 0 Å². The van der Waals surface area contributed by atoms with Gasteiger partial charge in [-0.15, -0.1) is 0 Å². The third kappa shape index (κ3) is 6.62. The molecule has 0 amide bonds. The number of aryl methyl sites for hydroxylation is 1. The molecule has 1 fully saturated rings. The average molecular weight is 451 g/mol. The molecule has 0 aliphatic carbocycles. The Morgan fingerprint density at radius 2 is 1.27 bits per heavy atom. The minimum Gasteiger partial charge on any atom is -0.369 e. The lowest BCUT2D eigenvalue weighted by molar-refractivity contribution is 0.0750. The predicted octanol–water partition coefficient (Wildman–Crippen LogP) is 5.98. The molecular weight excluding hydrogens is 418 g/mol. The Balaban J connectivity index is 1.22. The van der Waals surface area contributed by atoms with Crippen LogP contribution in [0.1, 0.15) is 35.6 Å². The molecule has 0 spiro atoms. The first kappa shape index (κ1) is 23.4. The van der Waals surface area contributed by atoms with Gasteiger partial charge in [-0.1, -0.05) is 42.0 Å². The molecule has 0 aromatic heterocycles. The summed E-state index contributed by atoms with van der Waals surface area (Å²) < 4.78 is 32.9. The highest BCUT2D eigenvalue weighted by atomic mass is 19.1. The van der Waals surface area contributed by atoms with Crippen molar-refractivity contribution in [3.05, 3.63) is 101 Å². The molecule has 3 nitrogen and oxygen atoms in total. The van der Waals surface area contributed by atoms with E-state index in [-0.39, 0.29) is 17.7 Å². The Morgan fingerprint density at radius 1 is 0.727 bits per heavy atom. The Labute approximate surface area is 195 Å². The van der Waals surface area contributed by atoms with Crippen molar-refractivity contribution in [1.82, 2.24) is 4.90 Å². The summed E-state index contributed by atoms with van der Waals surface area (Å²) in [5.74, 6) is -0.557. The van der Waals surface area contributed by atoms with Crippen molar-refractivity contribution in [3.8, 4) is 0 Å². The molecule has 1 saturated heterocycles. The zero-order chi connectivity index (χ0) is 23.0. The normalized spacial score (nSPS) is 14.7. The van der Waals surface area contributed by atoms with E-state index in [1.165, 1.54) is 35.5 Å². The number of hydrogen-bond donors (Lipinski definition) is 0. The molecule has 0 saturated carbocycles. The maximum absolute atomic E-state index is 13.4. The highest BCUT2D eigenvalue weighted by molar-refractivity contribution is 5.47. The van der Waals surface area contributed by atoms with Crippen molar-refractivity contribution in [2.24, 2.45) is 0 Å². The molecular formula is C28H32F2N2O. The van der Waals surface area contributed by atoms with Crippen molar-refractivity contribution in [2.45, 2.75) is 25.9 Å². The highest BCUT2D eigenvalue weighted by Gasteiger charge is 2.18. The molecule has 3 aromatic rings. The van der Waals surface area contributed by atoms with E-state index >= 15 is 0 Å². The van der Waals surface area contributed by atoms with E-state index in [0.29, 0.717) is 6.61 Å². The molecule has 0 radical (unpaired) electrons. The van der Waals surface area contributed by atoms with Gasteiger partial charge >= 0.3 is 0 Å². The SMILES string of the molecule is Cc1ccc(N2CCN(CCCCOC(c3ccc(F)cc3)c3ccc(F)cc3)CC2)cc1. The van der Waals surface area contributed by atoms with Crippen LogP contribution in [0.4, 0.5) is 14.5 Å². The van der Waals surface area contributed by atoms with Crippen LogP contribution in [0.2, 0.25) is 0 Å². The summed E-state index contributed by atoms with van der Waals surface area (Å²) in [6.07, 6.45) is 1.67. The number of unbranched alkanes of at least 4 members (excludes halogenated alkanes) is 1. The maximum Gasteiger partial charge on any atom is 0.123 e. The van der Waals surface area contributed by atoms with Crippen molar-refractivity contribution in [3.63, 3.8) is 0 Å². The second-order valence-corrected chi connectivity index (χ2v) is 8.73. The minimum atomic E-state index is -0.329. The number of benzene rings is 3. The molecule has 0 atom stereocenters. The number of piperazine rings is 1. The lowest BCUT2D eigenvalue weighted by atomic mass is 10.0. The summed E-state index contributed by atoms with van der Waals surface area (Å²) in [6, 6.07) is 21.4. The number of hydrogen-bond acceptors (Lipinski definition) is 3. The van der Waals surface area contributed by atoms with E-state index in [1.54, 1.807) is 24.3 Å². The summed E-state index contributed by atoms with van der Waals surface area (Å²) in [5.41, 5.74) is 4.34. The zero-order valence-corrected chi connectivity index (χ0v) is 19.2. The van der Waals surface area contributed by atoms with E-state index in [1.807, 2.05) is 0 Å². The number of nitrogens with zero attached hydrogens (tertiary/aromatic N) is 2. The van der Waals surface area contributed by atoms with Crippen LogP contribution in [-0.4, -0.2) is 44.2 Å². The van der Waals surface area contributed by atoms with Crippen molar-refractivity contribution in [2.75, 3.05) is 44.2 Å². The lowest BCUT2D eigenvalue weighted by Gasteiger charge is -2.36. The number of rotatable bonds is 9. The van der Waals surface area contributed by atoms with Crippen molar-refractivity contribution >= 4 is 5.69 Å². The van der Waals surface area contributed by atoms with Crippen LogP contribution in [-0.2, 0) is 4.74 Å². The van der Waals surface area contributed by atoms with E-state index in [2.05, 4.69) is 41.0 Å². The van der Waals surface area contributed by atoms with Gasteiger partial charge in [0.05, 0.1) is 0 Å². The predicted molar refractivity (Wildman–Crippen MR) is 130 cm³/mol. The van der Waals surface area contributed by atoms with E-state index < -0.39 is 0 Å². The fourth-order valence-corrected chi connectivity index (χ4v) is 4.28. The van der Waals surface area contributed by atoms with Crippen molar-refractivity contribution < 1.29 is 13.5 Å². The monoisotopic (exact) mass is 450 g/mol. The maximum atomic E-state index is 13.4. The highest BCUT2D eigenvalue weighted by Crippen LogP contribution is 2.27. The van der Waals surface area contributed by atoms with Gasteiger partial charge in [0, 0.05) is 38.5 Å². The molecule has 174 valence electrons. The third-order valence-corrected chi connectivity index (χ3v) is 6.27. The van der Waals surface area contributed by atoms with E-state index in [9.17, 15) is 8.78 Å². The summed E-state index contributed by atoms with van der Waals surface area (Å²) in [5, 5.41) is 0. The third-order valence-electron chi connectivity index (χ3n) is 6.27. The van der Waals surface area contributed by atoms with Crippen LogP contribution in [0.5, 0.6) is 0 Å². The quantitative estimate of drug-likeness (QED) is 0.373. The average Bonchev–Trinajstić information content (AvgIpc) is 2.84. The molecule has 5 heteroatoms. The Kier molecular flexibility index (Phi) is 8.08. The zero-order valence-electron chi connectivity index (χ0n) is 19.2. The first-order valence-electron chi connectivity index (χ1n) is 11.7. The summed E-state index contributed by atoms with van der Waals surface area (Å²) >= 11 is 0. The molecule has 4 rings (SSSR count). The molecule has 3 aromatic carbocycles. The summed E-state index contributed by atoms with van der Waals surface area (Å²) in [6.45, 7) is 8.02. The second kappa shape index (κ2) is 11.4. The van der Waals surface area contributed by atoms with Crippen LogP contribution >= 0.6 is 0 Å². The largest absolute Gasteiger partial charge is 0.369 e. The van der Waals surface area contributed by atoms with Gasteiger partial charge in [-0.25, -0.2) is 8.78 Å². The molecule has 1 aliphatic heterocycles. The Bertz CT molecular complexity index is 936. The molecule has 0 unspecified atom stereocenters. The molecule has 0 bridgehead atoms. The second-order valence-electron chi connectivity index (χ2n) is 8.73. The minimum absolute atomic E-state index is 0.279. The van der Waals surface area contributed by atoms with Gasteiger partial charge in [0.2, 0.25) is 0 Å². The molecule has 33 heavy (non-hydrogen) atoms. The Morgan fingerprint density at radius 3 is 1.82 bits per heavy atom. The topological polar surface area (TPSA) is 15.7 Å². The number of ether oxygens (including phenoxy) is 1. The van der Waals surface area contributed by atoms with Crippen molar-refractivity contribution in [1.29, 1.82) is 0 Å². The van der Waals surface area contributed by atoms with Gasteiger partial charge in [0.15, 0.2) is 0 Å². The van der Waals surface area contributed by atoms with Gasteiger partial charge < -0.3 is 9.64 Å². The van der Waals surface area contributed by atoms with Crippen LogP contribution in [0, 0.1) is 18.6 Å². The number of halogens is 2. The van der Waals surface area contributed by atoms with Crippen LogP contribution < -0.4 is 4.90 Å². The van der Waals surface area contributed by atoms with Crippen LogP contribution in [0.15, 0.2) is 72.8 Å². The Hall–Kier alpha value is -2.76. The van der Waals surface area contributed by atoms with Gasteiger partial charge in [0.1, 0.15) is 17.7 Å². The molecule has 1 aliphatic rings.